The molecule has 0 amide bonds. The Morgan fingerprint density at radius 1 is 1.38 bits per heavy atom. The summed E-state index contributed by atoms with van der Waals surface area (Å²) in [5.41, 5.74) is 1.80. The summed E-state index contributed by atoms with van der Waals surface area (Å²) in [6.45, 7) is 2.36. The Hall–Kier alpha value is -1.42. The Bertz CT molecular complexity index is 563. The lowest BCUT2D eigenvalue weighted by molar-refractivity contribution is 0.730. The number of benzene rings is 1. The van der Waals surface area contributed by atoms with E-state index < -0.39 is 0 Å². The number of hydrogen-bond donors (Lipinski definition) is 0. The Kier molecular flexibility index (Phi) is 3.19. The molecule has 4 heteroatoms. The third-order valence-corrected chi connectivity index (χ3v) is 2.75. The highest BCUT2D eigenvalue weighted by Gasteiger charge is 1.99. The molecule has 2 rings (SSSR count). The molecule has 0 radical (unpaired) electrons. The monoisotopic (exact) mass is 278 g/mol. The molecule has 0 bridgehead atoms. The van der Waals surface area contributed by atoms with E-state index >= 15 is 0 Å². The van der Waals surface area contributed by atoms with Crippen molar-refractivity contribution >= 4 is 15.9 Å². The van der Waals surface area contributed by atoms with Gasteiger partial charge < -0.3 is 0 Å². The van der Waals surface area contributed by atoms with Crippen molar-refractivity contribution in [2.75, 3.05) is 0 Å². The molecule has 2 aromatic rings. The molecule has 0 saturated heterocycles. The topological polar surface area (TPSA) is 34.9 Å². The largest absolute Gasteiger partial charge is 0.295 e. The van der Waals surface area contributed by atoms with Gasteiger partial charge in [0.1, 0.15) is 0 Å². The minimum atomic E-state index is -0.0209. The first-order valence-corrected chi connectivity index (χ1v) is 5.72. The molecule has 0 aliphatic carbocycles. The van der Waals surface area contributed by atoms with Gasteiger partial charge in [-0.15, -0.1) is 0 Å². The summed E-state index contributed by atoms with van der Waals surface area (Å²) in [6, 6.07) is 9.42. The Morgan fingerprint density at radius 2 is 2.19 bits per heavy atom. The molecular weight excluding hydrogens is 268 g/mol. The van der Waals surface area contributed by atoms with Crippen LogP contribution in [0.3, 0.4) is 0 Å². The third kappa shape index (κ3) is 2.58. The van der Waals surface area contributed by atoms with E-state index in [1.807, 2.05) is 31.2 Å². The molecule has 0 spiro atoms. The number of rotatable bonds is 2. The van der Waals surface area contributed by atoms with Crippen molar-refractivity contribution in [2.45, 2.75) is 13.5 Å². The second kappa shape index (κ2) is 4.61. The van der Waals surface area contributed by atoms with Gasteiger partial charge >= 0.3 is 0 Å². The van der Waals surface area contributed by atoms with Crippen molar-refractivity contribution in [1.29, 1.82) is 0 Å². The van der Waals surface area contributed by atoms with Crippen LogP contribution >= 0.6 is 15.9 Å². The Morgan fingerprint density at radius 3 is 2.88 bits per heavy atom. The fraction of sp³-hybridized carbons (Fsp3) is 0.167. The van der Waals surface area contributed by atoms with E-state index in [-0.39, 0.29) is 5.56 Å². The van der Waals surface area contributed by atoms with E-state index in [0.717, 1.165) is 15.7 Å². The lowest BCUT2D eigenvalue weighted by Gasteiger charge is -2.05. The van der Waals surface area contributed by atoms with E-state index in [1.165, 1.54) is 6.07 Å². The molecule has 0 atom stereocenters. The number of hydrogen-bond acceptors (Lipinski definition) is 2. The van der Waals surface area contributed by atoms with Gasteiger partial charge in [0.15, 0.2) is 0 Å². The van der Waals surface area contributed by atoms with Crippen LogP contribution in [0.25, 0.3) is 0 Å². The van der Waals surface area contributed by atoms with E-state index in [4.69, 9.17) is 0 Å². The maximum Gasteiger partial charge on any atom is 0.253 e. The molecule has 0 N–H and O–H groups in total. The zero-order chi connectivity index (χ0) is 11.5. The maximum atomic E-state index is 11.6. The van der Waals surface area contributed by atoms with Gasteiger partial charge in [-0.05, 0) is 24.6 Å². The zero-order valence-corrected chi connectivity index (χ0v) is 10.4. The van der Waals surface area contributed by atoms with Crippen molar-refractivity contribution in [3.05, 3.63) is 62.7 Å². The summed E-state index contributed by atoms with van der Waals surface area (Å²) >= 11 is 3.40. The summed E-state index contributed by atoms with van der Waals surface area (Å²) in [5, 5.41) is 0. The maximum absolute atomic E-state index is 11.6. The quantitative estimate of drug-likeness (QED) is 0.845. The van der Waals surface area contributed by atoms with Gasteiger partial charge in [-0.25, -0.2) is 4.98 Å². The first kappa shape index (κ1) is 11.1. The number of nitrogens with zero attached hydrogens (tertiary/aromatic N) is 2. The van der Waals surface area contributed by atoms with Gasteiger partial charge in [-0.1, -0.05) is 28.1 Å². The molecule has 1 heterocycles. The Labute approximate surface area is 102 Å². The number of halogens is 1. The lowest BCUT2D eigenvalue weighted by atomic mass is 10.2. The van der Waals surface area contributed by atoms with Gasteiger partial charge in [-0.3, -0.25) is 9.36 Å². The van der Waals surface area contributed by atoms with Crippen LogP contribution in [0, 0.1) is 6.92 Å². The highest BCUT2D eigenvalue weighted by Crippen LogP contribution is 2.11. The molecule has 0 unspecified atom stereocenters. The van der Waals surface area contributed by atoms with Crippen LogP contribution in [-0.4, -0.2) is 9.55 Å². The normalized spacial score (nSPS) is 10.4. The summed E-state index contributed by atoms with van der Waals surface area (Å²) in [4.78, 5) is 15.8. The minimum absolute atomic E-state index is 0.0209. The first-order chi connectivity index (χ1) is 7.65. The van der Waals surface area contributed by atoms with Gasteiger partial charge in [0.25, 0.3) is 5.56 Å². The van der Waals surface area contributed by atoms with E-state index in [9.17, 15) is 4.79 Å². The summed E-state index contributed by atoms with van der Waals surface area (Å²) < 4.78 is 2.60. The molecule has 16 heavy (non-hydrogen) atoms. The molecule has 0 saturated carbocycles. The van der Waals surface area contributed by atoms with Crippen LogP contribution in [0.4, 0.5) is 0 Å². The van der Waals surface area contributed by atoms with Crippen molar-refractivity contribution in [1.82, 2.24) is 9.55 Å². The summed E-state index contributed by atoms with van der Waals surface area (Å²) in [6.07, 6.45) is 1.58. The van der Waals surface area contributed by atoms with E-state index in [1.54, 1.807) is 10.9 Å². The van der Waals surface area contributed by atoms with Crippen molar-refractivity contribution in [3.63, 3.8) is 0 Å². The first-order valence-electron chi connectivity index (χ1n) is 4.93. The Balaban J connectivity index is 2.31. The van der Waals surface area contributed by atoms with Crippen LogP contribution < -0.4 is 5.56 Å². The van der Waals surface area contributed by atoms with E-state index in [0.29, 0.717) is 6.54 Å². The standard InChI is InChI=1S/C12H11BrN2O/c1-9-5-12(16)15(8-14-9)7-10-3-2-4-11(13)6-10/h2-6,8H,7H2,1H3. The number of aromatic nitrogens is 2. The lowest BCUT2D eigenvalue weighted by Crippen LogP contribution is -2.20. The van der Waals surface area contributed by atoms with Crippen molar-refractivity contribution in [2.24, 2.45) is 0 Å². The van der Waals surface area contributed by atoms with Crippen LogP contribution in [0.1, 0.15) is 11.3 Å². The van der Waals surface area contributed by atoms with Crippen LogP contribution in [0.5, 0.6) is 0 Å². The average Bonchev–Trinajstić information content (AvgIpc) is 2.22. The average molecular weight is 279 g/mol. The fourth-order valence-corrected chi connectivity index (χ4v) is 1.91. The second-order valence-corrected chi connectivity index (χ2v) is 4.54. The van der Waals surface area contributed by atoms with E-state index in [2.05, 4.69) is 20.9 Å². The molecule has 82 valence electrons. The van der Waals surface area contributed by atoms with Crippen LogP contribution in [0.2, 0.25) is 0 Å². The second-order valence-electron chi connectivity index (χ2n) is 3.63. The highest BCUT2D eigenvalue weighted by molar-refractivity contribution is 9.10. The number of aryl methyl sites for hydroxylation is 1. The minimum Gasteiger partial charge on any atom is -0.295 e. The summed E-state index contributed by atoms with van der Waals surface area (Å²) in [7, 11) is 0. The van der Waals surface area contributed by atoms with Crippen molar-refractivity contribution in [3.8, 4) is 0 Å². The molecule has 0 fully saturated rings. The predicted molar refractivity (Wildman–Crippen MR) is 66.5 cm³/mol. The fourth-order valence-electron chi connectivity index (χ4n) is 1.47. The van der Waals surface area contributed by atoms with Gasteiger partial charge in [0.2, 0.25) is 0 Å². The molecule has 0 aliphatic rings. The smallest absolute Gasteiger partial charge is 0.253 e. The summed E-state index contributed by atoms with van der Waals surface area (Å²) in [5.74, 6) is 0. The molecular formula is C12H11BrN2O. The molecule has 1 aromatic carbocycles. The molecule has 1 aromatic heterocycles. The SMILES string of the molecule is Cc1cc(=O)n(Cc2cccc(Br)c2)cn1. The van der Waals surface area contributed by atoms with Crippen LogP contribution in [-0.2, 0) is 6.54 Å². The van der Waals surface area contributed by atoms with Gasteiger partial charge in [0, 0.05) is 16.2 Å². The van der Waals surface area contributed by atoms with Gasteiger partial charge in [-0.2, -0.15) is 0 Å². The van der Waals surface area contributed by atoms with Crippen molar-refractivity contribution < 1.29 is 0 Å². The molecule has 3 nitrogen and oxygen atoms in total. The highest BCUT2D eigenvalue weighted by atomic mass is 79.9. The predicted octanol–water partition coefficient (Wildman–Crippen LogP) is 2.36. The van der Waals surface area contributed by atoms with Crippen LogP contribution in [0.15, 0.2) is 45.9 Å². The zero-order valence-electron chi connectivity index (χ0n) is 8.85. The van der Waals surface area contributed by atoms with Gasteiger partial charge in [0.05, 0.1) is 12.9 Å². The third-order valence-electron chi connectivity index (χ3n) is 2.26. The molecule has 0 aliphatic heterocycles.